The Kier molecular flexibility index (Phi) is 11.0. The Hall–Kier alpha value is -7.50. The number of aromatic nitrogens is 6. The summed E-state index contributed by atoms with van der Waals surface area (Å²) in [6.07, 6.45) is 5.72. The summed E-state index contributed by atoms with van der Waals surface area (Å²) in [7, 11) is 0. The molecule has 0 amide bonds. The van der Waals surface area contributed by atoms with E-state index in [1.807, 2.05) is 84.9 Å². The van der Waals surface area contributed by atoms with Crippen molar-refractivity contribution in [1.29, 1.82) is 0 Å². The van der Waals surface area contributed by atoms with Crippen molar-refractivity contribution in [3.8, 4) is 39.0 Å². The molecule has 10 rings (SSSR count). The van der Waals surface area contributed by atoms with Crippen molar-refractivity contribution in [2.45, 2.75) is 57.2 Å². The Morgan fingerprint density at radius 3 is 1.98 bits per heavy atom. The number of aromatic carboxylic acids is 1. The monoisotopic (exact) mass is 860 g/mol. The minimum atomic E-state index is -1.01. The van der Waals surface area contributed by atoms with Crippen molar-refractivity contribution < 1.29 is 19.4 Å². The number of imidazole rings is 1. The van der Waals surface area contributed by atoms with Gasteiger partial charge in [0, 0.05) is 22.0 Å². The van der Waals surface area contributed by atoms with Crippen LogP contribution in [0.15, 0.2) is 164 Å². The normalized spacial score (nSPS) is 13.3. The van der Waals surface area contributed by atoms with Crippen molar-refractivity contribution in [2.75, 3.05) is 0 Å². The third-order valence-corrected chi connectivity index (χ3v) is 13.5. The first-order valence-electron chi connectivity index (χ1n) is 21.6. The third-order valence-electron chi connectivity index (χ3n) is 12.3. The Morgan fingerprint density at radius 2 is 1.38 bits per heavy atom. The van der Waals surface area contributed by atoms with E-state index in [1.165, 1.54) is 30.6 Å². The average Bonchev–Trinajstić information content (AvgIpc) is 4.13. The molecule has 3 heterocycles. The summed E-state index contributed by atoms with van der Waals surface area (Å²) in [5.41, 5.74) is 7.55. The molecule has 9 aromatic rings. The van der Waals surface area contributed by atoms with Crippen molar-refractivity contribution in [2.24, 2.45) is 0 Å². The van der Waals surface area contributed by atoms with Crippen LogP contribution < -0.4 is 4.74 Å². The van der Waals surface area contributed by atoms with Crippen LogP contribution in [-0.2, 0) is 12.1 Å². The summed E-state index contributed by atoms with van der Waals surface area (Å²) in [4.78, 5) is 32.5. The molecule has 0 atom stereocenters. The number of rotatable bonds is 13. The second-order valence-electron chi connectivity index (χ2n) is 16.2. The smallest absolute Gasteiger partial charge is 0.335 e. The van der Waals surface area contributed by atoms with E-state index in [0.717, 1.165) is 73.5 Å². The molecule has 10 nitrogen and oxygen atoms in total. The van der Waals surface area contributed by atoms with Crippen LogP contribution in [0.2, 0.25) is 0 Å². The maximum absolute atomic E-state index is 12.0. The number of carboxylic acids is 1. The third kappa shape index (κ3) is 7.58. The zero-order valence-electron chi connectivity index (χ0n) is 35.2. The second-order valence-corrected chi connectivity index (χ2v) is 17.3. The predicted octanol–water partition coefficient (Wildman–Crippen LogP) is 11.9. The Bertz CT molecular complexity index is 3000. The van der Waals surface area contributed by atoms with Gasteiger partial charge in [-0.05, 0) is 120 Å². The van der Waals surface area contributed by atoms with Gasteiger partial charge in [0.15, 0.2) is 11.3 Å². The number of carbonyl (C=O) groups excluding carboxylic acids is 1. The van der Waals surface area contributed by atoms with Crippen LogP contribution in [0.4, 0.5) is 0 Å². The molecule has 6 aromatic carbocycles. The van der Waals surface area contributed by atoms with E-state index in [1.54, 1.807) is 36.0 Å². The molecule has 11 heteroatoms. The Labute approximate surface area is 374 Å². The number of Topliss-reactive ketones (excluding diaryl/α,β-unsaturated/α-hetero) is 1. The van der Waals surface area contributed by atoms with Crippen LogP contribution in [0.5, 0.6) is 5.75 Å². The summed E-state index contributed by atoms with van der Waals surface area (Å²) in [5.74, 6) is 0.997. The minimum absolute atomic E-state index is 0.0106. The van der Waals surface area contributed by atoms with Crippen LogP contribution in [-0.4, -0.2) is 46.6 Å². The van der Waals surface area contributed by atoms with Crippen molar-refractivity contribution >= 4 is 34.1 Å². The number of hydrogen-bond donors (Lipinski definition) is 1. The molecule has 0 radical (unpaired) electrons. The lowest BCUT2D eigenvalue weighted by Gasteiger charge is -2.34. The van der Waals surface area contributed by atoms with Gasteiger partial charge in [-0.2, -0.15) is 0 Å². The van der Waals surface area contributed by atoms with Gasteiger partial charge in [-0.15, -0.1) is 26.3 Å². The number of thiophene rings is 1. The Balaban J connectivity index is 0.991. The minimum Gasteiger partial charge on any atom is -0.489 e. The number of tetrazole rings is 1. The molecule has 64 heavy (non-hydrogen) atoms. The van der Waals surface area contributed by atoms with E-state index >= 15 is 0 Å². The molecule has 316 valence electrons. The lowest BCUT2D eigenvalue weighted by atomic mass is 9.77. The van der Waals surface area contributed by atoms with E-state index in [-0.39, 0.29) is 18.0 Å². The van der Waals surface area contributed by atoms with Gasteiger partial charge < -0.3 is 14.4 Å². The van der Waals surface area contributed by atoms with Gasteiger partial charge in [0.1, 0.15) is 18.2 Å². The van der Waals surface area contributed by atoms with E-state index in [4.69, 9.17) is 25.1 Å². The first-order chi connectivity index (χ1) is 31.4. The number of carbonyl (C=O) groups is 2. The molecule has 1 saturated carbocycles. The maximum Gasteiger partial charge on any atom is 0.335 e. The number of ether oxygens (including phenoxy) is 1. The molecule has 0 bridgehead atoms. The molecule has 0 saturated heterocycles. The fourth-order valence-electron chi connectivity index (χ4n) is 9.13. The molecule has 0 unspecified atom stereocenters. The molecule has 0 spiro atoms. The fourth-order valence-corrected chi connectivity index (χ4v) is 10.1. The number of carboxylic acid groups (broad SMARTS) is 1. The van der Waals surface area contributed by atoms with E-state index in [0.29, 0.717) is 22.5 Å². The van der Waals surface area contributed by atoms with Gasteiger partial charge in [-0.25, -0.2) is 9.78 Å². The van der Waals surface area contributed by atoms with Gasteiger partial charge in [0.05, 0.1) is 21.5 Å². The molecular formula is C53H44N6O4S. The van der Waals surface area contributed by atoms with E-state index in [9.17, 15) is 14.7 Å². The maximum atomic E-state index is 12.0. The zero-order chi connectivity index (χ0) is 43.6. The topological polar surface area (TPSA) is 125 Å². The number of hydrogen-bond acceptors (Lipinski definition) is 8. The molecular weight excluding hydrogens is 817 g/mol. The number of benzene rings is 6. The quantitative estimate of drug-likeness (QED) is 0.0897. The lowest BCUT2D eigenvalue weighted by Crippen LogP contribution is -2.39. The van der Waals surface area contributed by atoms with Crippen LogP contribution in [0.1, 0.15) is 87.4 Å². The highest BCUT2D eigenvalue weighted by molar-refractivity contribution is 7.17. The highest BCUT2D eigenvalue weighted by Gasteiger charge is 2.41. The molecule has 1 aliphatic rings. The molecule has 0 aliphatic heterocycles. The first kappa shape index (κ1) is 40.6. The number of nitrogens with zero attached hydrogens (tertiary/aromatic N) is 6. The van der Waals surface area contributed by atoms with Crippen molar-refractivity contribution in [1.82, 2.24) is 29.8 Å². The first-order valence-corrected chi connectivity index (χ1v) is 22.4. The standard InChI is InChI=1S/C53H44N6O4S/c1-35(60)48-30-31-49(64-48)45-28-24-38(52(61)62)32-39(45)34-63-44-26-22-36(23-27-44)51-54-46-33-37(25-29-47(46)58(51)43-20-12-5-13-21-43)50-55-57-59(56-50)53(40-14-6-2-7-15-40,41-16-8-3-9-17-41)42-18-10-4-11-19-42/h2-4,6-11,14-19,22-33,43H,5,12-13,20-21,34H2,1H3,(H,61,62). The molecule has 1 fully saturated rings. The van der Waals surface area contributed by atoms with Gasteiger partial charge in [-0.3, -0.25) is 4.79 Å². The van der Waals surface area contributed by atoms with Crippen LogP contribution >= 0.6 is 11.3 Å². The van der Waals surface area contributed by atoms with Gasteiger partial charge in [-0.1, -0.05) is 116 Å². The second kappa shape index (κ2) is 17.3. The SMILES string of the molecule is CC(=O)c1ccc(-c2ccc(C(=O)O)cc2COc2ccc(-c3nc4cc(-c5nnn(C(c6ccccc6)(c6ccccc6)c6ccccc6)n5)ccc4n3C3CCCCC3)cc2)s1. The van der Waals surface area contributed by atoms with E-state index in [2.05, 4.69) is 59.2 Å². The summed E-state index contributed by atoms with van der Waals surface area (Å²) >= 11 is 1.38. The van der Waals surface area contributed by atoms with Gasteiger partial charge in [0.25, 0.3) is 0 Å². The van der Waals surface area contributed by atoms with Crippen LogP contribution in [0.25, 0.3) is 44.2 Å². The number of fused-ring (bicyclic) bond motifs is 1. The predicted molar refractivity (Wildman–Crippen MR) is 250 cm³/mol. The van der Waals surface area contributed by atoms with Crippen molar-refractivity contribution in [3.05, 3.63) is 196 Å². The highest BCUT2D eigenvalue weighted by atomic mass is 32.1. The van der Waals surface area contributed by atoms with Crippen LogP contribution in [0, 0.1) is 0 Å². The number of ketones is 1. The largest absolute Gasteiger partial charge is 0.489 e. The van der Waals surface area contributed by atoms with Crippen molar-refractivity contribution in [3.63, 3.8) is 0 Å². The highest BCUT2D eigenvalue weighted by Crippen LogP contribution is 2.41. The summed E-state index contributed by atoms with van der Waals surface area (Å²) in [6.45, 7) is 1.69. The van der Waals surface area contributed by atoms with E-state index < -0.39 is 11.5 Å². The fraction of sp³-hybridized carbons (Fsp3) is 0.170. The molecule has 3 aromatic heterocycles. The molecule has 1 aliphatic carbocycles. The zero-order valence-corrected chi connectivity index (χ0v) is 36.0. The summed E-state index contributed by atoms with van der Waals surface area (Å²) in [6, 6.07) is 54.2. The Morgan fingerprint density at radius 1 is 0.734 bits per heavy atom. The molecule has 1 N–H and O–H groups in total. The summed E-state index contributed by atoms with van der Waals surface area (Å²) < 4.78 is 8.72. The van der Waals surface area contributed by atoms with Gasteiger partial charge >= 0.3 is 5.97 Å². The average molecular weight is 861 g/mol. The van der Waals surface area contributed by atoms with Crippen LogP contribution in [0.3, 0.4) is 0 Å². The lowest BCUT2D eigenvalue weighted by molar-refractivity contribution is 0.0696. The summed E-state index contributed by atoms with van der Waals surface area (Å²) in [5, 5.41) is 24.4. The van der Waals surface area contributed by atoms with Gasteiger partial charge in [0.2, 0.25) is 5.82 Å².